The Labute approximate surface area is 143 Å². The van der Waals surface area contributed by atoms with Crippen LogP contribution in [0.1, 0.15) is 26.2 Å². The minimum atomic E-state index is -1.59. The molecule has 1 saturated heterocycles. The predicted molar refractivity (Wildman–Crippen MR) is 83.2 cm³/mol. The Balaban J connectivity index is 2.54. The molecule has 0 spiro atoms. The highest BCUT2D eigenvalue weighted by atomic mass is 16.4. The van der Waals surface area contributed by atoms with Crippen molar-refractivity contribution in [3.63, 3.8) is 0 Å². The van der Waals surface area contributed by atoms with Crippen LogP contribution in [0.15, 0.2) is 0 Å². The molecule has 0 aromatic heterocycles. The second-order valence-electron chi connectivity index (χ2n) is 5.75. The van der Waals surface area contributed by atoms with Crippen LogP contribution in [-0.2, 0) is 24.0 Å². The number of carbonyl (C=O) groups is 5. The lowest BCUT2D eigenvalue weighted by Gasteiger charge is -2.25. The van der Waals surface area contributed by atoms with Crippen LogP contribution < -0.4 is 16.4 Å². The summed E-state index contributed by atoms with van der Waals surface area (Å²) in [5, 5.41) is 21.8. The van der Waals surface area contributed by atoms with Gasteiger partial charge in [0, 0.05) is 6.54 Å². The lowest BCUT2D eigenvalue weighted by atomic mass is 10.2. The summed E-state index contributed by atoms with van der Waals surface area (Å²) in [7, 11) is 0. The van der Waals surface area contributed by atoms with Crippen LogP contribution in [0.5, 0.6) is 0 Å². The summed E-state index contributed by atoms with van der Waals surface area (Å²) in [6, 6.07) is -3.07. The number of hydrogen-bond acceptors (Lipinski definition) is 6. The summed E-state index contributed by atoms with van der Waals surface area (Å²) in [6.45, 7) is 1.38. The number of carbonyl (C=O) groups excluding carboxylic acids is 3. The SMILES string of the molecule is C[C@H](N)C(=O)N1CCC[C@H]1C(=O)NCC(=O)N[C@@H](CC(=O)O)C(=O)O. The van der Waals surface area contributed by atoms with E-state index in [0.29, 0.717) is 19.4 Å². The van der Waals surface area contributed by atoms with Crippen LogP contribution in [0, 0.1) is 0 Å². The fourth-order valence-electron chi connectivity index (χ4n) is 2.47. The molecule has 0 aromatic carbocycles. The van der Waals surface area contributed by atoms with E-state index in [9.17, 15) is 24.0 Å². The van der Waals surface area contributed by atoms with Crippen LogP contribution >= 0.6 is 0 Å². The highest BCUT2D eigenvalue weighted by molar-refractivity contribution is 5.93. The third-order valence-corrected chi connectivity index (χ3v) is 3.66. The Kier molecular flexibility index (Phi) is 7.30. The molecule has 3 atom stereocenters. The third kappa shape index (κ3) is 6.03. The molecule has 0 saturated carbocycles. The van der Waals surface area contributed by atoms with Gasteiger partial charge in [-0.25, -0.2) is 4.79 Å². The van der Waals surface area contributed by atoms with Gasteiger partial charge in [-0.2, -0.15) is 0 Å². The molecule has 11 heteroatoms. The molecule has 1 aliphatic heterocycles. The third-order valence-electron chi connectivity index (χ3n) is 3.66. The second kappa shape index (κ2) is 8.97. The first-order chi connectivity index (χ1) is 11.6. The number of likely N-dealkylation sites (tertiary alicyclic amines) is 1. The Morgan fingerprint density at radius 1 is 1.24 bits per heavy atom. The summed E-state index contributed by atoms with van der Waals surface area (Å²) in [5.74, 6) is -4.63. The van der Waals surface area contributed by atoms with E-state index in [0.717, 1.165) is 0 Å². The number of carboxylic acid groups (broad SMARTS) is 2. The van der Waals surface area contributed by atoms with Crippen molar-refractivity contribution in [1.29, 1.82) is 0 Å². The molecule has 0 aromatic rings. The van der Waals surface area contributed by atoms with Gasteiger partial charge >= 0.3 is 11.9 Å². The highest BCUT2D eigenvalue weighted by Crippen LogP contribution is 2.18. The van der Waals surface area contributed by atoms with Crippen molar-refractivity contribution in [2.75, 3.05) is 13.1 Å². The van der Waals surface area contributed by atoms with E-state index in [-0.39, 0.29) is 5.91 Å². The summed E-state index contributed by atoms with van der Waals surface area (Å²) in [4.78, 5) is 58.6. The molecule has 140 valence electrons. The van der Waals surface area contributed by atoms with Crippen molar-refractivity contribution in [1.82, 2.24) is 15.5 Å². The Hall–Kier alpha value is -2.69. The van der Waals surface area contributed by atoms with E-state index in [4.69, 9.17) is 15.9 Å². The van der Waals surface area contributed by atoms with Crippen molar-refractivity contribution in [3.05, 3.63) is 0 Å². The van der Waals surface area contributed by atoms with Crippen molar-refractivity contribution >= 4 is 29.7 Å². The van der Waals surface area contributed by atoms with Gasteiger partial charge in [0.15, 0.2) is 0 Å². The molecular formula is C14H22N4O7. The first-order valence-electron chi connectivity index (χ1n) is 7.71. The van der Waals surface area contributed by atoms with Gasteiger partial charge < -0.3 is 31.5 Å². The summed E-state index contributed by atoms with van der Waals surface area (Å²) >= 11 is 0. The van der Waals surface area contributed by atoms with Gasteiger partial charge in [-0.15, -0.1) is 0 Å². The molecule has 1 fully saturated rings. The zero-order valence-corrected chi connectivity index (χ0v) is 13.7. The van der Waals surface area contributed by atoms with Crippen LogP contribution in [0.4, 0.5) is 0 Å². The van der Waals surface area contributed by atoms with Crippen molar-refractivity contribution in [3.8, 4) is 0 Å². The van der Waals surface area contributed by atoms with Crippen molar-refractivity contribution < 1.29 is 34.2 Å². The minimum Gasteiger partial charge on any atom is -0.481 e. The quantitative estimate of drug-likeness (QED) is 0.315. The van der Waals surface area contributed by atoms with Gasteiger partial charge in [-0.3, -0.25) is 19.2 Å². The van der Waals surface area contributed by atoms with E-state index in [1.165, 1.54) is 11.8 Å². The maximum Gasteiger partial charge on any atom is 0.326 e. The standard InChI is InChI=1S/C14H22N4O7/c1-7(15)13(23)18-4-2-3-9(18)12(22)16-6-10(19)17-8(14(24)25)5-11(20)21/h7-9H,2-6,15H2,1H3,(H,16,22)(H,17,19)(H,20,21)(H,24,25)/t7-,8-,9-/m0/s1. The average molecular weight is 358 g/mol. The topological polar surface area (TPSA) is 179 Å². The summed E-state index contributed by atoms with van der Waals surface area (Å²) < 4.78 is 0. The molecule has 0 radical (unpaired) electrons. The molecule has 0 bridgehead atoms. The molecule has 11 nitrogen and oxygen atoms in total. The Bertz CT molecular complexity index is 563. The van der Waals surface area contributed by atoms with E-state index in [1.807, 2.05) is 5.32 Å². The minimum absolute atomic E-state index is 0.366. The molecule has 0 aliphatic carbocycles. The van der Waals surface area contributed by atoms with Crippen LogP contribution in [-0.4, -0.2) is 76.0 Å². The Morgan fingerprint density at radius 3 is 2.40 bits per heavy atom. The van der Waals surface area contributed by atoms with E-state index < -0.39 is 54.8 Å². The smallest absolute Gasteiger partial charge is 0.326 e. The molecule has 6 N–H and O–H groups in total. The molecule has 1 heterocycles. The zero-order valence-electron chi connectivity index (χ0n) is 13.7. The van der Waals surface area contributed by atoms with E-state index in [2.05, 4.69) is 5.32 Å². The Morgan fingerprint density at radius 2 is 1.88 bits per heavy atom. The van der Waals surface area contributed by atoms with Crippen LogP contribution in [0.25, 0.3) is 0 Å². The van der Waals surface area contributed by atoms with Gasteiger partial charge in [0.2, 0.25) is 17.7 Å². The molecule has 0 unspecified atom stereocenters. The first-order valence-corrected chi connectivity index (χ1v) is 7.71. The highest BCUT2D eigenvalue weighted by Gasteiger charge is 2.35. The number of hydrogen-bond donors (Lipinski definition) is 5. The van der Waals surface area contributed by atoms with Crippen molar-refractivity contribution in [2.24, 2.45) is 5.73 Å². The number of nitrogens with one attached hydrogen (secondary N) is 2. The normalized spacial score (nSPS) is 19.0. The lowest BCUT2D eigenvalue weighted by molar-refractivity contribution is -0.147. The largest absolute Gasteiger partial charge is 0.481 e. The molecule has 1 aliphatic rings. The fourth-order valence-corrected chi connectivity index (χ4v) is 2.47. The number of nitrogens with zero attached hydrogens (tertiary/aromatic N) is 1. The van der Waals surface area contributed by atoms with Gasteiger partial charge in [-0.05, 0) is 19.8 Å². The average Bonchev–Trinajstić information content (AvgIpc) is 2.99. The van der Waals surface area contributed by atoms with Gasteiger partial charge in [-0.1, -0.05) is 0 Å². The van der Waals surface area contributed by atoms with Gasteiger partial charge in [0.1, 0.15) is 12.1 Å². The summed E-state index contributed by atoms with van der Waals surface area (Å²) in [6.07, 6.45) is 0.277. The number of aliphatic carboxylic acids is 2. The van der Waals surface area contributed by atoms with Gasteiger partial charge in [0.25, 0.3) is 0 Å². The fraction of sp³-hybridized carbons (Fsp3) is 0.643. The predicted octanol–water partition coefficient (Wildman–Crippen LogP) is -2.52. The monoisotopic (exact) mass is 358 g/mol. The lowest BCUT2D eigenvalue weighted by Crippen LogP contribution is -2.52. The molecule has 25 heavy (non-hydrogen) atoms. The van der Waals surface area contributed by atoms with Crippen LogP contribution in [0.2, 0.25) is 0 Å². The van der Waals surface area contributed by atoms with Crippen LogP contribution in [0.3, 0.4) is 0 Å². The maximum atomic E-state index is 12.1. The molecule has 1 rings (SSSR count). The molecule has 3 amide bonds. The van der Waals surface area contributed by atoms with Gasteiger partial charge in [0.05, 0.1) is 19.0 Å². The van der Waals surface area contributed by atoms with E-state index in [1.54, 1.807) is 0 Å². The number of nitrogens with two attached hydrogens (primary N) is 1. The number of amides is 3. The second-order valence-corrected chi connectivity index (χ2v) is 5.75. The maximum absolute atomic E-state index is 12.1. The number of rotatable bonds is 8. The van der Waals surface area contributed by atoms with Crippen molar-refractivity contribution in [2.45, 2.75) is 44.3 Å². The number of carboxylic acids is 2. The first kappa shape index (κ1) is 20.4. The van der Waals surface area contributed by atoms with E-state index >= 15 is 0 Å². The molecular weight excluding hydrogens is 336 g/mol. The zero-order chi connectivity index (χ0) is 19.1. The summed E-state index contributed by atoms with van der Waals surface area (Å²) in [5.41, 5.74) is 5.53.